The van der Waals surface area contributed by atoms with E-state index in [0.717, 1.165) is 89.4 Å². The summed E-state index contributed by atoms with van der Waals surface area (Å²) in [7, 11) is 0. The van der Waals surface area contributed by atoms with Crippen LogP contribution in [-0.4, -0.2) is 91.6 Å². The van der Waals surface area contributed by atoms with Crippen LogP contribution in [0.1, 0.15) is 42.1 Å². The molecule has 190 valence electrons. The van der Waals surface area contributed by atoms with Crippen molar-refractivity contribution in [3.05, 3.63) is 35.4 Å². The van der Waals surface area contributed by atoms with Crippen molar-refractivity contribution in [1.82, 2.24) is 9.80 Å². The molecule has 1 aromatic rings. The molecule has 7 nitrogen and oxygen atoms in total. The van der Waals surface area contributed by atoms with Crippen molar-refractivity contribution in [2.24, 2.45) is 5.41 Å². The maximum absolute atomic E-state index is 13.0. The van der Waals surface area contributed by atoms with Gasteiger partial charge in [0, 0.05) is 38.3 Å². The molecular weight excluding hydrogens is 453 g/mol. The van der Waals surface area contributed by atoms with E-state index in [9.17, 15) is 18.0 Å². The van der Waals surface area contributed by atoms with Gasteiger partial charge in [0.25, 0.3) is 5.91 Å². The molecule has 1 N–H and O–H groups in total. The van der Waals surface area contributed by atoms with E-state index in [1.54, 1.807) is 0 Å². The Morgan fingerprint density at radius 1 is 1.12 bits per heavy atom. The van der Waals surface area contributed by atoms with E-state index in [1.165, 1.54) is 0 Å². The number of amides is 1. The molecule has 34 heavy (non-hydrogen) atoms. The SMILES string of the molecule is CCc1ccccc1C(=O)N1CCC2(CC1)COC(CN1CCOCC1)C2.O=C(O)C(F)(F)F. The number of carbonyl (C=O) groups excluding carboxylic acids is 1. The lowest BCUT2D eigenvalue weighted by Crippen LogP contribution is -2.44. The van der Waals surface area contributed by atoms with Crippen LogP contribution in [-0.2, 0) is 20.7 Å². The minimum absolute atomic E-state index is 0.200. The second-order valence-electron chi connectivity index (χ2n) is 9.16. The molecule has 0 aromatic heterocycles. The number of hydrogen-bond donors (Lipinski definition) is 1. The lowest BCUT2D eigenvalue weighted by Gasteiger charge is -2.39. The summed E-state index contributed by atoms with van der Waals surface area (Å²) in [4.78, 5) is 26.4. The Balaban J connectivity index is 0.000000406. The van der Waals surface area contributed by atoms with Gasteiger partial charge in [-0.3, -0.25) is 9.69 Å². The Kier molecular flexibility index (Phi) is 8.95. The zero-order chi connectivity index (χ0) is 24.8. The van der Waals surface area contributed by atoms with Crippen LogP contribution in [0.15, 0.2) is 24.3 Å². The van der Waals surface area contributed by atoms with Gasteiger partial charge in [0.2, 0.25) is 0 Å². The number of carboxylic acids is 1. The molecule has 0 saturated carbocycles. The van der Waals surface area contributed by atoms with Gasteiger partial charge in [0.05, 0.1) is 25.9 Å². The zero-order valence-electron chi connectivity index (χ0n) is 19.5. The summed E-state index contributed by atoms with van der Waals surface area (Å²) in [5.41, 5.74) is 2.30. The molecule has 3 aliphatic heterocycles. The Labute approximate surface area is 197 Å². The number of carboxylic acid groups (broad SMARTS) is 1. The number of benzene rings is 1. The van der Waals surface area contributed by atoms with E-state index in [-0.39, 0.29) is 11.3 Å². The van der Waals surface area contributed by atoms with Gasteiger partial charge in [-0.15, -0.1) is 0 Å². The number of halogens is 3. The highest BCUT2D eigenvalue weighted by Crippen LogP contribution is 2.42. The van der Waals surface area contributed by atoms with Crippen LogP contribution in [0, 0.1) is 5.41 Å². The number of ether oxygens (including phenoxy) is 2. The highest BCUT2D eigenvalue weighted by atomic mass is 19.4. The number of aliphatic carboxylic acids is 1. The predicted octanol–water partition coefficient (Wildman–Crippen LogP) is 3.23. The molecule has 4 rings (SSSR count). The van der Waals surface area contributed by atoms with Crippen molar-refractivity contribution in [2.45, 2.75) is 44.9 Å². The smallest absolute Gasteiger partial charge is 0.475 e. The average Bonchev–Trinajstić information content (AvgIpc) is 3.21. The largest absolute Gasteiger partial charge is 0.490 e. The fraction of sp³-hybridized carbons (Fsp3) is 0.667. The quantitative estimate of drug-likeness (QED) is 0.704. The second kappa shape index (κ2) is 11.5. The summed E-state index contributed by atoms with van der Waals surface area (Å²) >= 11 is 0. The van der Waals surface area contributed by atoms with Crippen LogP contribution in [0.25, 0.3) is 0 Å². The molecule has 1 atom stereocenters. The monoisotopic (exact) mass is 486 g/mol. The zero-order valence-corrected chi connectivity index (χ0v) is 19.5. The molecule has 1 unspecified atom stereocenters. The molecule has 0 aliphatic carbocycles. The number of carbonyl (C=O) groups is 2. The van der Waals surface area contributed by atoms with E-state index in [4.69, 9.17) is 19.4 Å². The Bertz CT molecular complexity index is 834. The van der Waals surface area contributed by atoms with Crippen molar-refractivity contribution in [3.8, 4) is 0 Å². The summed E-state index contributed by atoms with van der Waals surface area (Å²) < 4.78 is 43.4. The van der Waals surface area contributed by atoms with Crippen LogP contribution < -0.4 is 0 Å². The fourth-order valence-electron chi connectivity index (χ4n) is 4.82. The molecule has 1 spiro atoms. The average molecular weight is 487 g/mol. The Morgan fingerprint density at radius 2 is 1.74 bits per heavy atom. The molecule has 0 radical (unpaired) electrons. The Hall–Kier alpha value is -2.17. The van der Waals surface area contributed by atoms with Gasteiger partial charge < -0.3 is 19.5 Å². The van der Waals surface area contributed by atoms with Gasteiger partial charge >= 0.3 is 12.1 Å². The number of rotatable bonds is 4. The van der Waals surface area contributed by atoms with Gasteiger partial charge in [0.15, 0.2) is 0 Å². The van der Waals surface area contributed by atoms with E-state index in [0.29, 0.717) is 6.10 Å². The fourth-order valence-corrected chi connectivity index (χ4v) is 4.82. The van der Waals surface area contributed by atoms with Crippen molar-refractivity contribution < 1.29 is 37.3 Å². The molecule has 3 aliphatic rings. The van der Waals surface area contributed by atoms with Gasteiger partial charge in [-0.25, -0.2) is 4.79 Å². The number of likely N-dealkylation sites (tertiary alicyclic amines) is 1. The maximum Gasteiger partial charge on any atom is 0.490 e. The van der Waals surface area contributed by atoms with Gasteiger partial charge in [-0.2, -0.15) is 13.2 Å². The summed E-state index contributed by atoms with van der Waals surface area (Å²) in [5, 5.41) is 7.12. The Morgan fingerprint density at radius 3 is 2.32 bits per heavy atom. The maximum atomic E-state index is 13.0. The summed E-state index contributed by atoms with van der Waals surface area (Å²) in [6, 6.07) is 8.03. The summed E-state index contributed by atoms with van der Waals surface area (Å²) in [6.07, 6.45) is -0.584. The highest BCUT2D eigenvalue weighted by molar-refractivity contribution is 5.95. The van der Waals surface area contributed by atoms with Crippen LogP contribution >= 0.6 is 0 Å². The van der Waals surface area contributed by atoms with Crippen LogP contribution in [0.2, 0.25) is 0 Å². The molecule has 10 heteroatoms. The minimum Gasteiger partial charge on any atom is -0.475 e. The number of hydrogen-bond acceptors (Lipinski definition) is 5. The van der Waals surface area contributed by atoms with Gasteiger partial charge in [-0.1, -0.05) is 25.1 Å². The minimum atomic E-state index is -5.08. The van der Waals surface area contributed by atoms with E-state index in [2.05, 4.69) is 22.8 Å². The first-order valence-electron chi connectivity index (χ1n) is 11.7. The number of morpholine rings is 1. The van der Waals surface area contributed by atoms with Crippen LogP contribution in [0.5, 0.6) is 0 Å². The first-order valence-corrected chi connectivity index (χ1v) is 11.7. The molecule has 3 saturated heterocycles. The summed E-state index contributed by atoms with van der Waals surface area (Å²) in [5.74, 6) is -2.56. The molecule has 1 aromatic carbocycles. The van der Waals surface area contributed by atoms with Crippen LogP contribution in [0.3, 0.4) is 0 Å². The standard InChI is InChI=1S/C22H32N2O3.C2HF3O2/c1-2-18-5-3-4-6-20(18)21(25)24-9-7-22(8-10-24)15-19(27-17-22)16-23-11-13-26-14-12-23;3-2(4,5)1(6)7/h3-6,19H,2,7-17H2,1H3;(H,6,7). The first kappa shape index (κ1) is 26.4. The number of aryl methyl sites for hydroxylation is 1. The van der Waals surface area contributed by atoms with Crippen molar-refractivity contribution in [3.63, 3.8) is 0 Å². The predicted molar refractivity (Wildman–Crippen MR) is 119 cm³/mol. The third-order valence-corrected chi connectivity index (χ3v) is 6.83. The van der Waals surface area contributed by atoms with Gasteiger partial charge in [-0.05, 0) is 42.7 Å². The van der Waals surface area contributed by atoms with Crippen LogP contribution in [0.4, 0.5) is 13.2 Å². The lowest BCUT2D eigenvalue weighted by atomic mass is 9.76. The van der Waals surface area contributed by atoms with Crippen molar-refractivity contribution in [2.75, 3.05) is 52.5 Å². The molecule has 1 amide bonds. The molecule has 3 heterocycles. The third kappa shape index (κ3) is 6.93. The topological polar surface area (TPSA) is 79.3 Å². The highest BCUT2D eigenvalue weighted by Gasteiger charge is 2.43. The lowest BCUT2D eigenvalue weighted by molar-refractivity contribution is -0.192. The number of alkyl halides is 3. The van der Waals surface area contributed by atoms with Crippen molar-refractivity contribution in [1.29, 1.82) is 0 Å². The number of piperidine rings is 1. The number of nitrogens with zero attached hydrogens (tertiary/aromatic N) is 2. The third-order valence-electron chi connectivity index (χ3n) is 6.83. The summed E-state index contributed by atoms with van der Waals surface area (Å²) in [6.45, 7) is 9.42. The molecule has 0 bridgehead atoms. The van der Waals surface area contributed by atoms with Crippen molar-refractivity contribution >= 4 is 11.9 Å². The molecule has 3 fully saturated rings. The van der Waals surface area contributed by atoms with E-state index in [1.807, 2.05) is 18.2 Å². The normalized spacial score (nSPS) is 22.8. The van der Waals surface area contributed by atoms with Gasteiger partial charge in [0.1, 0.15) is 0 Å². The molecular formula is C24H33F3N2O5. The van der Waals surface area contributed by atoms with E-state index >= 15 is 0 Å². The second-order valence-corrected chi connectivity index (χ2v) is 9.16. The van der Waals surface area contributed by atoms with E-state index < -0.39 is 12.1 Å². The first-order chi connectivity index (χ1) is 16.1.